The van der Waals surface area contributed by atoms with E-state index in [1.807, 2.05) is 20.8 Å². The maximum Gasteiger partial charge on any atom is 0.138 e. The highest BCUT2D eigenvalue weighted by Crippen LogP contribution is 2.30. The van der Waals surface area contributed by atoms with E-state index in [9.17, 15) is 8.78 Å². The van der Waals surface area contributed by atoms with Crippen LogP contribution < -0.4 is 0 Å². The van der Waals surface area contributed by atoms with Gasteiger partial charge in [0.25, 0.3) is 0 Å². The van der Waals surface area contributed by atoms with Gasteiger partial charge in [-0.1, -0.05) is 38.4 Å². The molecule has 2 rings (SSSR count). The summed E-state index contributed by atoms with van der Waals surface area (Å²) in [5.41, 5.74) is -0.0157. The molecule has 0 aliphatic heterocycles. The van der Waals surface area contributed by atoms with Crippen LogP contribution in [-0.2, 0) is 5.41 Å². The Labute approximate surface area is 121 Å². The summed E-state index contributed by atoms with van der Waals surface area (Å²) in [6.45, 7) is 7.30. The van der Waals surface area contributed by atoms with Gasteiger partial charge in [-0.15, -0.1) is 0 Å². The summed E-state index contributed by atoms with van der Waals surface area (Å²) in [6.07, 6.45) is 0. The summed E-state index contributed by atoms with van der Waals surface area (Å²) in [7, 11) is 0. The molecule has 0 aliphatic rings. The molecule has 0 spiro atoms. The third kappa shape index (κ3) is 2.80. The zero-order chi connectivity index (χ0) is 15.1. The number of aryl methyl sites for hydroxylation is 1. The molecule has 0 amide bonds. The Balaban J connectivity index is 2.71. The van der Waals surface area contributed by atoms with E-state index in [1.54, 1.807) is 6.92 Å². The highest BCUT2D eigenvalue weighted by atomic mass is 35.5. The first-order valence-electron chi connectivity index (χ1n) is 6.20. The van der Waals surface area contributed by atoms with Gasteiger partial charge in [0.2, 0.25) is 0 Å². The van der Waals surface area contributed by atoms with Crippen molar-refractivity contribution >= 4 is 11.6 Å². The van der Waals surface area contributed by atoms with Crippen LogP contribution in [0.1, 0.15) is 32.2 Å². The fourth-order valence-corrected chi connectivity index (χ4v) is 1.96. The Bertz CT molecular complexity index is 664. The number of nitrogens with zero attached hydrogens (tertiary/aromatic N) is 2. The Morgan fingerprint density at radius 2 is 1.75 bits per heavy atom. The van der Waals surface area contributed by atoms with Crippen molar-refractivity contribution in [3.05, 3.63) is 46.4 Å². The normalized spacial score (nSPS) is 11.8. The molecule has 0 fully saturated rings. The molecule has 2 nitrogen and oxygen atoms in total. The molecule has 106 valence electrons. The van der Waals surface area contributed by atoms with E-state index in [0.717, 1.165) is 0 Å². The first kappa shape index (κ1) is 14.9. The van der Waals surface area contributed by atoms with Crippen LogP contribution in [0.2, 0.25) is 5.15 Å². The molecule has 1 heterocycles. The predicted octanol–water partition coefficient (Wildman–Crippen LogP) is 4.68. The lowest BCUT2D eigenvalue weighted by Crippen LogP contribution is -2.16. The van der Waals surface area contributed by atoms with Crippen LogP contribution in [-0.4, -0.2) is 9.97 Å². The first-order valence-corrected chi connectivity index (χ1v) is 6.58. The Morgan fingerprint density at radius 1 is 1.10 bits per heavy atom. The van der Waals surface area contributed by atoms with Gasteiger partial charge < -0.3 is 0 Å². The third-order valence-electron chi connectivity index (χ3n) is 2.91. The summed E-state index contributed by atoms with van der Waals surface area (Å²) in [4.78, 5) is 8.38. The SMILES string of the molecule is Cc1ccc(F)c(-c2cc(Cl)nc(C(C)(C)C)n2)c1F. The molecule has 1 aromatic carbocycles. The van der Waals surface area contributed by atoms with Gasteiger partial charge in [-0.25, -0.2) is 18.7 Å². The second kappa shape index (κ2) is 5.09. The van der Waals surface area contributed by atoms with E-state index >= 15 is 0 Å². The van der Waals surface area contributed by atoms with Crippen molar-refractivity contribution in [1.82, 2.24) is 9.97 Å². The maximum atomic E-state index is 14.2. The lowest BCUT2D eigenvalue weighted by atomic mass is 9.95. The van der Waals surface area contributed by atoms with Gasteiger partial charge in [0.05, 0.1) is 11.3 Å². The molecule has 0 atom stereocenters. The zero-order valence-electron chi connectivity index (χ0n) is 11.8. The smallest absolute Gasteiger partial charge is 0.138 e. The van der Waals surface area contributed by atoms with Crippen molar-refractivity contribution in [1.29, 1.82) is 0 Å². The van der Waals surface area contributed by atoms with E-state index in [-0.39, 0.29) is 21.8 Å². The molecule has 0 saturated carbocycles. The van der Waals surface area contributed by atoms with Crippen LogP contribution in [0.5, 0.6) is 0 Å². The second-order valence-electron chi connectivity index (χ2n) is 5.70. The van der Waals surface area contributed by atoms with E-state index in [0.29, 0.717) is 11.4 Å². The van der Waals surface area contributed by atoms with Gasteiger partial charge in [-0.3, -0.25) is 0 Å². The lowest BCUT2D eigenvalue weighted by Gasteiger charge is -2.18. The number of hydrogen-bond donors (Lipinski definition) is 0. The molecule has 20 heavy (non-hydrogen) atoms. The minimum atomic E-state index is -0.664. The van der Waals surface area contributed by atoms with Gasteiger partial charge >= 0.3 is 0 Å². The van der Waals surface area contributed by atoms with Crippen LogP contribution in [0.25, 0.3) is 11.3 Å². The highest BCUT2D eigenvalue weighted by molar-refractivity contribution is 6.29. The molecule has 0 aliphatic carbocycles. The zero-order valence-corrected chi connectivity index (χ0v) is 12.5. The number of benzene rings is 1. The van der Waals surface area contributed by atoms with Crippen molar-refractivity contribution in [3.8, 4) is 11.3 Å². The molecule has 0 unspecified atom stereocenters. The standard InChI is InChI=1S/C15H15ClF2N2/c1-8-5-6-9(17)12(13(8)18)10-7-11(16)20-14(19-10)15(2,3)4/h5-7H,1-4H3. The molecule has 0 saturated heterocycles. The maximum absolute atomic E-state index is 14.2. The highest BCUT2D eigenvalue weighted by Gasteiger charge is 2.22. The molecular weight excluding hydrogens is 282 g/mol. The molecule has 1 aromatic heterocycles. The van der Waals surface area contributed by atoms with E-state index in [2.05, 4.69) is 9.97 Å². The van der Waals surface area contributed by atoms with Crippen LogP contribution >= 0.6 is 11.6 Å². The molecular formula is C15H15ClF2N2. The van der Waals surface area contributed by atoms with Crippen molar-refractivity contribution in [2.45, 2.75) is 33.1 Å². The van der Waals surface area contributed by atoms with Crippen LogP contribution in [0, 0.1) is 18.6 Å². The van der Waals surface area contributed by atoms with Crippen molar-refractivity contribution < 1.29 is 8.78 Å². The average molecular weight is 297 g/mol. The van der Waals surface area contributed by atoms with Gasteiger partial charge in [0, 0.05) is 11.5 Å². The summed E-state index contributed by atoms with van der Waals surface area (Å²) in [6, 6.07) is 3.99. The van der Waals surface area contributed by atoms with Crippen molar-refractivity contribution in [3.63, 3.8) is 0 Å². The molecule has 0 N–H and O–H groups in total. The summed E-state index contributed by atoms with van der Waals surface area (Å²) < 4.78 is 28.1. The molecule has 0 bridgehead atoms. The number of halogens is 3. The minimum absolute atomic E-state index is 0.161. The molecule has 0 radical (unpaired) electrons. The van der Waals surface area contributed by atoms with E-state index < -0.39 is 11.6 Å². The molecule has 2 aromatic rings. The van der Waals surface area contributed by atoms with Crippen LogP contribution in [0.4, 0.5) is 8.78 Å². The second-order valence-corrected chi connectivity index (χ2v) is 6.09. The van der Waals surface area contributed by atoms with Crippen molar-refractivity contribution in [2.24, 2.45) is 0 Å². The predicted molar refractivity (Wildman–Crippen MR) is 75.8 cm³/mol. The minimum Gasteiger partial charge on any atom is -0.232 e. The quantitative estimate of drug-likeness (QED) is 0.714. The fourth-order valence-electron chi connectivity index (χ4n) is 1.77. The summed E-state index contributed by atoms with van der Waals surface area (Å²) in [5, 5.41) is 0.167. The Hall–Kier alpha value is -1.55. The van der Waals surface area contributed by atoms with Gasteiger partial charge in [-0.05, 0) is 18.6 Å². The monoisotopic (exact) mass is 296 g/mol. The summed E-state index contributed by atoms with van der Waals surface area (Å²) >= 11 is 5.95. The summed E-state index contributed by atoms with van der Waals surface area (Å²) in [5.74, 6) is -0.845. The first-order chi connectivity index (χ1) is 9.20. The van der Waals surface area contributed by atoms with Crippen LogP contribution in [0.15, 0.2) is 18.2 Å². The van der Waals surface area contributed by atoms with Gasteiger partial charge in [0.15, 0.2) is 0 Å². The number of rotatable bonds is 1. The Morgan fingerprint density at radius 3 is 2.35 bits per heavy atom. The Kier molecular flexibility index (Phi) is 3.78. The average Bonchev–Trinajstić information content (AvgIpc) is 2.33. The topological polar surface area (TPSA) is 25.8 Å². The van der Waals surface area contributed by atoms with Gasteiger partial charge in [0.1, 0.15) is 22.6 Å². The third-order valence-corrected chi connectivity index (χ3v) is 3.10. The number of aromatic nitrogens is 2. The largest absolute Gasteiger partial charge is 0.232 e. The van der Waals surface area contributed by atoms with E-state index in [1.165, 1.54) is 18.2 Å². The number of hydrogen-bond acceptors (Lipinski definition) is 2. The fraction of sp³-hybridized carbons (Fsp3) is 0.333. The van der Waals surface area contributed by atoms with Crippen LogP contribution in [0.3, 0.4) is 0 Å². The lowest BCUT2D eigenvalue weighted by molar-refractivity contribution is 0.543. The molecule has 5 heteroatoms. The van der Waals surface area contributed by atoms with E-state index in [4.69, 9.17) is 11.6 Å². The van der Waals surface area contributed by atoms with Crippen molar-refractivity contribution in [2.75, 3.05) is 0 Å². The van der Waals surface area contributed by atoms with Gasteiger partial charge in [-0.2, -0.15) is 0 Å².